The zero-order chi connectivity index (χ0) is 27.1. The molecule has 0 aromatic carbocycles. The molecule has 196 valence electrons. The molecule has 0 saturated heterocycles. The number of allylic oxidation sites excluding steroid dienone is 1. The summed E-state index contributed by atoms with van der Waals surface area (Å²) < 4.78 is 9.98. The van der Waals surface area contributed by atoms with Crippen LogP contribution in [0.3, 0.4) is 0 Å². The van der Waals surface area contributed by atoms with Gasteiger partial charge in [0.2, 0.25) is 5.91 Å². The minimum atomic E-state index is -1.17. The van der Waals surface area contributed by atoms with Crippen molar-refractivity contribution in [1.29, 1.82) is 0 Å². The second kappa shape index (κ2) is 15.8. The first-order valence-corrected chi connectivity index (χ1v) is 11.3. The molecule has 2 amide bonds. The predicted octanol–water partition coefficient (Wildman–Crippen LogP) is 3.98. The van der Waals surface area contributed by atoms with Crippen LogP contribution in [0.4, 0.5) is 4.79 Å². The molecule has 34 heavy (non-hydrogen) atoms. The normalized spacial score (nSPS) is 13.8. The highest BCUT2D eigenvalue weighted by atomic mass is 16.6. The number of alkyl carbamates (subject to hydrolysis) is 1. The van der Waals surface area contributed by atoms with Crippen LogP contribution >= 0.6 is 0 Å². The minimum absolute atomic E-state index is 0.119. The number of aliphatic imine (C=N–C) groups is 1. The van der Waals surface area contributed by atoms with Crippen molar-refractivity contribution in [3.63, 3.8) is 0 Å². The Hall–Kier alpha value is -2.91. The average molecular weight is 486 g/mol. The van der Waals surface area contributed by atoms with Crippen molar-refractivity contribution in [3.8, 4) is 0 Å². The molecule has 3 N–H and O–H groups in total. The fourth-order valence-corrected chi connectivity index (χ4v) is 2.23. The summed E-state index contributed by atoms with van der Waals surface area (Å²) in [5.74, 6) is -2.00. The number of esters is 1. The topological polar surface area (TPSA) is 143 Å². The monoisotopic (exact) mass is 485 g/mol. The Morgan fingerprint density at radius 1 is 1.00 bits per heavy atom. The maximum atomic E-state index is 12.4. The lowest BCUT2D eigenvalue weighted by Gasteiger charge is -2.24. The quantitative estimate of drug-likeness (QED) is 0.331. The van der Waals surface area contributed by atoms with Gasteiger partial charge in [-0.2, -0.15) is 0 Å². The van der Waals surface area contributed by atoms with Gasteiger partial charge in [-0.1, -0.05) is 19.4 Å². The van der Waals surface area contributed by atoms with Gasteiger partial charge in [0.15, 0.2) is 0 Å². The molecule has 10 nitrogen and oxygen atoms in total. The van der Waals surface area contributed by atoms with Gasteiger partial charge in [-0.15, -0.1) is 0 Å². The van der Waals surface area contributed by atoms with Gasteiger partial charge < -0.3 is 25.2 Å². The number of carbonyl (C=O) groups is 4. The number of carboxylic acid groups (broad SMARTS) is 1. The molecule has 0 fully saturated rings. The Bertz CT molecular complexity index is 732. The summed E-state index contributed by atoms with van der Waals surface area (Å²) in [6, 6.07) is -2.08. The van der Waals surface area contributed by atoms with Crippen molar-refractivity contribution in [2.75, 3.05) is 0 Å². The van der Waals surface area contributed by atoms with E-state index in [9.17, 15) is 19.2 Å². The average Bonchev–Trinajstić information content (AvgIpc) is 2.63. The highest BCUT2D eigenvalue weighted by molar-refractivity contribution is 5.89. The molecule has 0 saturated carbocycles. The lowest BCUT2D eigenvalue weighted by Crippen LogP contribution is -2.51. The molecule has 0 aliphatic rings. The van der Waals surface area contributed by atoms with Crippen LogP contribution in [0.2, 0.25) is 0 Å². The summed E-state index contributed by atoms with van der Waals surface area (Å²) in [6.07, 6.45) is 4.59. The molecule has 0 heterocycles. The summed E-state index contributed by atoms with van der Waals surface area (Å²) in [5, 5.41) is 13.8. The van der Waals surface area contributed by atoms with Crippen LogP contribution < -0.4 is 10.6 Å². The molecule has 10 heteroatoms. The Morgan fingerprint density at radius 3 is 1.88 bits per heavy atom. The zero-order valence-electron chi connectivity index (χ0n) is 22.3. The van der Waals surface area contributed by atoms with Crippen molar-refractivity contribution in [2.45, 2.75) is 112 Å². The number of amides is 2. The zero-order valence-corrected chi connectivity index (χ0v) is 22.3. The molecule has 0 aromatic heterocycles. The Morgan fingerprint density at radius 2 is 1.53 bits per heavy atom. The molecular formula is C24H43N3O7. The van der Waals surface area contributed by atoms with E-state index in [1.165, 1.54) is 13.8 Å². The standard InChI is InChI=1S/C18H31N3O5.C6H12O2/c1-7-9-10-19-13(8-2)11-14(15(22)20-12(3)16(23)24)21-17(25)26-18(4,5)6;1-5(7)8-6(2,3)4/h8,10,12,14H,7,9,11H2,1-6H3,(H,20,22)(H,21,25)(H,23,24);1-4H3/b13-8-,19-10?;. The summed E-state index contributed by atoms with van der Waals surface area (Å²) in [5.41, 5.74) is -0.439. The molecule has 0 radical (unpaired) electrons. The third-order valence-corrected chi connectivity index (χ3v) is 3.61. The maximum Gasteiger partial charge on any atom is 0.408 e. The molecule has 2 atom stereocenters. The van der Waals surface area contributed by atoms with Crippen LogP contribution in [0.1, 0.15) is 88.5 Å². The first-order chi connectivity index (χ1) is 15.4. The third kappa shape index (κ3) is 19.8. The van der Waals surface area contributed by atoms with E-state index in [1.54, 1.807) is 40.0 Å². The van der Waals surface area contributed by atoms with Gasteiger partial charge in [-0.05, 0) is 61.8 Å². The summed E-state index contributed by atoms with van der Waals surface area (Å²) in [6.45, 7) is 17.2. The van der Waals surface area contributed by atoms with Crippen molar-refractivity contribution < 1.29 is 33.8 Å². The van der Waals surface area contributed by atoms with Crippen LogP contribution in [0, 0.1) is 0 Å². The number of hydrogen-bond donors (Lipinski definition) is 3. The molecule has 0 aliphatic carbocycles. The first kappa shape index (κ1) is 33.3. The van der Waals surface area contributed by atoms with Crippen molar-refractivity contribution in [2.24, 2.45) is 4.99 Å². The molecule has 0 spiro atoms. The van der Waals surface area contributed by atoms with Gasteiger partial charge in [0.1, 0.15) is 23.3 Å². The fourth-order valence-electron chi connectivity index (χ4n) is 2.23. The predicted molar refractivity (Wildman–Crippen MR) is 132 cm³/mol. The van der Waals surface area contributed by atoms with Gasteiger partial charge >= 0.3 is 18.0 Å². The maximum absolute atomic E-state index is 12.4. The van der Waals surface area contributed by atoms with Crippen LogP contribution in [0.15, 0.2) is 16.8 Å². The summed E-state index contributed by atoms with van der Waals surface area (Å²) >= 11 is 0. The second-order valence-corrected chi connectivity index (χ2v) is 9.56. The van der Waals surface area contributed by atoms with Crippen LogP contribution in [-0.4, -0.2) is 58.5 Å². The largest absolute Gasteiger partial charge is 0.480 e. The lowest BCUT2D eigenvalue weighted by molar-refractivity contribution is -0.152. The number of aliphatic carboxylic acids is 1. The Kier molecular flexibility index (Phi) is 15.5. The highest BCUT2D eigenvalue weighted by Gasteiger charge is 2.27. The minimum Gasteiger partial charge on any atom is -0.480 e. The molecule has 0 rings (SSSR count). The van der Waals surface area contributed by atoms with E-state index in [0.29, 0.717) is 5.70 Å². The second-order valence-electron chi connectivity index (χ2n) is 9.56. The van der Waals surface area contributed by atoms with Gasteiger partial charge in [0, 0.05) is 25.3 Å². The number of carbonyl (C=O) groups excluding carboxylic acids is 3. The van der Waals surface area contributed by atoms with E-state index in [4.69, 9.17) is 14.6 Å². The van der Waals surface area contributed by atoms with Gasteiger partial charge in [-0.25, -0.2) is 4.79 Å². The SMILES string of the molecule is C/C=C(/CC(NC(=O)OC(C)(C)C)C(=O)NC(C)C(=O)O)N=CCCC.CC(=O)OC(C)(C)C. The van der Waals surface area contributed by atoms with E-state index in [0.717, 1.165) is 12.8 Å². The molecule has 2 unspecified atom stereocenters. The molecule has 0 bridgehead atoms. The summed E-state index contributed by atoms with van der Waals surface area (Å²) in [4.78, 5) is 49.9. The number of ether oxygens (including phenoxy) is 2. The lowest BCUT2D eigenvalue weighted by atomic mass is 10.1. The number of nitrogens with one attached hydrogen (secondary N) is 2. The Labute approximate surface area is 203 Å². The third-order valence-electron chi connectivity index (χ3n) is 3.61. The number of rotatable bonds is 9. The molecule has 0 aliphatic heterocycles. The van der Waals surface area contributed by atoms with E-state index < -0.39 is 35.7 Å². The number of nitrogens with zero attached hydrogens (tertiary/aromatic N) is 1. The summed E-state index contributed by atoms with van der Waals surface area (Å²) in [7, 11) is 0. The molecular weight excluding hydrogens is 442 g/mol. The smallest absolute Gasteiger partial charge is 0.408 e. The van der Waals surface area contributed by atoms with E-state index in [1.807, 2.05) is 27.7 Å². The van der Waals surface area contributed by atoms with Crippen molar-refractivity contribution >= 4 is 30.2 Å². The van der Waals surface area contributed by atoms with Crippen LogP contribution in [-0.2, 0) is 23.9 Å². The van der Waals surface area contributed by atoms with E-state index in [-0.39, 0.29) is 18.0 Å². The van der Waals surface area contributed by atoms with Gasteiger partial charge in [-0.3, -0.25) is 19.4 Å². The van der Waals surface area contributed by atoms with E-state index >= 15 is 0 Å². The van der Waals surface area contributed by atoms with Crippen molar-refractivity contribution in [1.82, 2.24) is 10.6 Å². The number of carboxylic acids is 1. The van der Waals surface area contributed by atoms with Crippen LogP contribution in [0.25, 0.3) is 0 Å². The Balaban J connectivity index is 0. The number of hydrogen-bond acceptors (Lipinski definition) is 7. The molecule has 0 aromatic rings. The van der Waals surface area contributed by atoms with Gasteiger partial charge in [0.05, 0.1) is 0 Å². The van der Waals surface area contributed by atoms with Gasteiger partial charge in [0.25, 0.3) is 0 Å². The number of unbranched alkanes of at least 4 members (excludes halogenated alkanes) is 1. The van der Waals surface area contributed by atoms with Crippen molar-refractivity contribution in [3.05, 3.63) is 11.8 Å². The van der Waals surface area contributed by atoms with Crippen LogP contribution in [0.5, 0.6) is 0 Å². The fraction of sp³-hybridized carbons (Fsp3) is 0.708. The highest BCUT2D eigenvalue weighted by Crippen LogP contribution is 2.11. The first-order valence-electron chi connectivity index (χ1n) is 11.3. The van der Waals surface area contributed by atoms with E-state index in [2.05, 4.69) is 15.6 Å².